The summed E-state index contributed by atoms with van der Waals surface area (Å²) < 4.78 is 35.9. The molecule has 1 saturated heterocycles. The highest BCUT2D eigenvalue weighted by Crippen LogP contribution is 2.32. The molecule has 0 amide bonds. The number of ether oxygens (including phenoxy) is 1. The summed E-state index contributed by atoms with van der Waals surface area (Å²) in [5, 5.41) is 14.9. The zero-order valence-corrected chi connectivity index (χ0v) is 23.1. The molecule has 1 N–H and O–H groups in total. The molecule has 0 saturated carbocycles. The van der Waals surface area contributed by atoms with Crippen molar-refractivity contribution in [3.63, 3.8) is 0 Å². The van der Waals surface area contributed by atoms with Gasteiger partial charge in [-0.15, -0.1) is 10.2 Å². The lowest BCUT2D eigenvalue weighted by atomic mass is 9.97. The number of hydrogen-bond donors (Lipinski definition) is 1. The van der Waals surface area contributed by atoms with Gasteiger partial charge >= 0.3 is 0 Å². The number of aromatic nitrogens is 6. The summed E-state index contributed by atoms with van der Waals surface area (Å²) in [7, 11) is -3.64. The van der Waals surface area contributed by atoms with Gasteiger partial charge in [-0.2, -0.15) is 9.52 Å². The first-order valence-electron chi connectivity index (χ1n) is 13.5. The maximum atomic E-state index is 13.4. The van der Waals surface area contributed by atoms with Gasteiger partial charge in [-0.1, -0.05) is 55.8 Å². The van der Waals surface area contributed by atoms with Crippen LogP contribution < -0.4 is 0 Å². The number of hydrogen-bond acceptors (Lipinski definition) is 7. The van der Waals surface area contributed by atoms with Crippen LogP contribution in [0.15, 0.2) is 71.6 Å². The molecule has 1 fully saturated rings. The van der Waals surface area contributed by atoms with Crippen LogP contribution in [0.25, 0.3) is 33.5 Å². The van der Waals surface area contributed by atoms with Crippen molar-refractivity contribution in [1.82, 2.24) is 34.5 Å². The monoisotopic (exact) mass is 557 g/mol. The average Bonchev–Trinajstić information content (AvgIpc) is 3.65. The number of benzene rings is 3. The van der Waals surface area contributed by atoms with Crippen LogP contribution in [0.5, 0.6) is 0 Å². The summed E-state index contributed by atoms with van der Waals surface area (Å²) in [4.78, 5) is 5.19. The Morgan fingerprint density at radius 2 is 1.80 bits per heavy atom. The molecule has 0 atom stereocenters. The predicted octanol–water partition coefficient (Wildman–Crippen LogP) is 4.30. The SMILES string of the molecule is CCCCc1nc2ccc(S(=O)(=O)N3CCOCC3)cc2n1Cc1ccc(-c2ccccc2)c(-c2nn[nH]n2)c1. The number of imidazole rings is 1. The van der Waals surface area contributed by atoms with E-state index in [0.717, 1.165) is 58.4 Å². The molecule has 0 radical (unpaired) electrons. The van der Waals surface area contributed by atoms with E-state index in [1.807, 2.05) is 24.3 Å². The van der Waals surface area contributed by atoms with E-state index in [-0.39, 0.29) is 4.90 Å². The molecule has 3 aromatic carbocycles. The van der Waals surface area contributed by atoms with Crippen molar-refractivity contribution in [3.05, 3.63) is 78.1 Å². The Bertz CT molecular complexity index is 1710. The number of rotatable bonds is 9. The molecule has 0 spiro atoms. The minimum absolute atomic E-state index is 0.275. The molecule has 206 valence electrons. The van der Waals surface area contributed by atoms with Crippen molar-refractivity contribution in [2.75, 3.05) is 26.3 Å². The summed E-state index contributed by atoms with van der Waals surface area (Å²) >= 11 is 0. The predicted molar refractivity (Wildman–Crippen MR) is 152 cm³/mol. The number of aromatic amines is 1. The first kappa shape index (κ1) is 26.3. The highest BCUT2D eigenvalue weighted by molar-refractivity contribution is 7.89. The van der Waals surface area contributed by atoms with Gasteiger partial charge < -0.3 is 9.30 Å². The molecule has 0 bridgehead atoms. The van der Waals surface area contributed by atoms with Crippen LogP contribution in [0, 0.1) is 0 Å². The maximum absolute atomic E-state index is 13.4. The Kier molecular flexibility index (Phi) is 7.42. The van der Waals surface area contributed by atoms with Crippen LogP contribution in [0.4, 0.5) is 0 Å². The summed E-state index contributed by atoms with van der Waals surface area (Å²) in [5.74, 6) is 1.45. The molecule has 0 aliphatic carbocycles. The minimum atomic E-state index is -3.64. The van der Waals surface area contributed by atoms with E-state index in [4.69, 9.17) is 9.72 Å². The van der Waals surface area contributed by atoms with Gasteiger partial charge in [0, 0.05) is 31.6 Å². The van der Waals surface area contributed by atoms with Gasteiger partial charge in [0.15, 0.2) is 0 Å². The van der Waals surface area contributed by atoms with Gasteiger partial charge in [-0.3, -0.25) is 0 Å². The van der Waals surface area contributed by atoms with E-state index in [1.54, 1.807) is 12.1 Å². The van der Waals surface area contributed by atoms with Crippen molar-refractivity contribution in [3.8, 4) is 22.5 Å². The lowest BCUT2D eigenvalue weighted by molar-refractivity contribution is 0.0730. The molecular formula is C29H31N7O3S. The highest BCUT2D eigenvalue weighted by Gasteiger charge is 2.27. The van der Waals surface area contributed by atoms with Crippen LogP contribution >= 0.6 is 0 Å². The zero-order valence-electron chi connectivity index (χ0n) is 22.3. The third kappa shape index (κ3) is 5.15. The summed E-state index contributed by atoms with van der Waals surface area (Å²) in [6.45, 7) is 4.20. The number of nitrogens with zero attached hydrogens (tertiary/aromatic N) is 6. The quantitative estimate of drug-likeness (QED) is 0.287. The van der Waals surface area contributed by atoms with Crippen molar-refractivity contribution >= 4 is 21.1 Å². The van der Waals surface area contributed by atoms with E-state index in [9.17, 15) is 8.42 Å². The molecule has 1 aliphatic heterocycles. The normalized spacial score (nSPS) is 14.6. The summed E-state index contributed by atoms with van der Waals surface area (Å²) in [6, 6.07) is 21.6. The first-order chi connectivity index (χ1) is 19.5. The fraction of sp³-hybridized carbons (Fsp3) is 0.310. The van der Waals surface area contributed by atoms with Crippen LogP contribution in [0.1, 0.15) is 31.2 Å². The van der Waals surface area contributed by atoms with Gasteiger partial charge in [-0.05, 0) is 52.6 Å². The second-order valence-corrected chi connectivity index (χ2v) is 11.8. The molecule has 0 unspecified atom stereocenters. The second kappa shape index (κ2) is 11.3. The molecule has 40 heavy (non-hydrogen) atoms. The van der Waals surface area contributed by atoms with E-state index in [0.29, 0.717) is 38.7 Å². The molecule has 6 rings (SSSR count). The third-order valence-corrected chi connectivity index (χ3v) is 9.15. The van der Waals surface area contributed by atoms with Crippen molar-refractivity contribution in [2.45, 2.75) is 37.6 Å². The first-order valence-corrected chi connectivity index (χ1v) is 15.0. The Morgan fingerprint density at radius 1 is 0.975 bits per heavy atom. The fourth-order valence-electron chi connectivity index (χ4n) is 5.15. The van der Waals surface area contributed by atoms with Crippen LogP contribution in [0.3, 0.4) is 0 Å². The fourth-order valence-corrected chi connectivity index (χ4v) is 6.58. The minimum Gasteiger partial charge on any atom is -0.379 e. The Labute approximate surface area is 233 Å². The topological polar surface area (TPSA) is 119 Å². The van der Waals surface area contributed by atoms with E-state index >= 15 is 0 Å². The van der Waals surface area contributed by atoms with Gasteiger partial charge in [0.25, 0.3) is 0 Å². The van der Waals surface area contributed by atoms with Gasteiger partial charge in [0.05, 0.1) is 29.1 Å². The largest absolute Gasteiger partial charge is 0.379 e. The van der Waals surface area contributed by atoms with Crippen LogP contribution in [0.2, 0.25) is 0 Å². The molecule has 2 aromatic heterocycles. The zero-order chi connectivity index (χ0) is 27.5. The third-order valence-electron chi connectivity index (χ3n) is 7.26. The van der Waals surface area contributed by atoms with Gasteiger partial charge in [0.1, 0.15) is 5.82 Å². The molecular weight excluding hydrogens is 526 g/mol. The van der Waals surface area contributed by atoms with E-state index < -0.39 is 10.0 Å². The average molecular weight is 558 g/mol. The van der Waals surface area contributed by atoms with Crippen molar-refractivity contribution in [1.29, 1.82) is 0 Å². The maximum Gasteiger partial charge on any atom is 0.243 e. The molecule has 11 heteroatoms. The number of morpholine rings is 1. The summed E-state index contributed by atoms with van der Waals surface area (Å²) in [5.41, 5.74) is 5.54. The lowest BCUT2D eigenvalue weighted by Crippen LogP contribution is -2.40. The van der Waals surface area contributed by atoms with Crippen LogP contribution in [-0.4, -0.2) is 69.2 Å². The number of nitrogens with one attached hydrogen (secondary N) is 1. The van der Waals surface area contributed by atoms with Gasteiger partial charge in [-0.25, -0.2) is 13.4 Å². The van der Waals surface area contributed by atoms with Crippen molar-refractivity contribution < 1.29 is 13.2 Å². The van der Waals surface area contributed by atoms with Gasteiger partial charge in [0.2, 0.25) is 15.8 Å². The molecule has 5 aromatic rings. The number of sulfonamides is 1. The second-order valence-electron chi connectivity index (χ2n) is 9.87. The van der Waals surface area contributed by atoms with Crippen molar-refractivity contribution in [2.24, 2.45) is 0 Å². The standard InChI is InChI=1S/C29H31N7O3S/c1-2-3-9-28-30-26-13-11-23(40(37,38)35-14-16-39-17-15-35)19-27(26)36(28)20-21-10-12-24(22-7-5-4-6-8-22)25(18-21)29-31-33-34-32-29/h4-8,10-13,18-19H,2-3,9,14-17,20H2,1H3,(H,31,32,33,34). The number of H-pyrrole nitrogens is 1. The molecule has 10 nitrogen and oxygen atoms in total. The number of aryl methyl sites for hydroxylation is 1. The Morgan fingerprint density at radius 3 is 2.55 bits per heavy atom. The Hall–Kier alpha value is -3.93. The van der Waals surface area contributed by atoms with E-state index in [2.05, 4.69) is 62.4 Å². The highest BCUT2D eigenvalue weighted by atomic mass is 32.2. The number of tetrazole rings is 1. The number of fused-ring (bicyclic) bond motifs is 1. The Balaban J connectivity index is 1.43. The summed E-state index contributed by atoms with van der Waals surface area (Å²) in [6.07, 6.45) is 2.83. The van der Waals surface area contributed by atoms with E-state index in [1.165, 1.54) is 4.31 Å². The molecule has 3 heterocycles. The smallest absolute Gasteiger partial charge is 0.243 e. The molecule has 1 aliphatic rings. The lowest BCUT2D eigenvalue weighted by Gasteiger charge is -2.26. The number of unbranched alkanes of at least 4 members (excludes halogenated alkanes) is 1. The van der Waals surface area contributed by atoms with Crippen LogP contribution in [-0.2, 0) is 27.7 Å².